The minimum absolute atomic E-state index is 0.00271. The van der Waals surface area contributed by atoms with Gasteiger partial charge in [-0.05, 0) is 73.0 Å². The zero-order valence-electron chi connectivity index (χ0n) is 16.8. The second kappa shape index (κ2) is 12.5. The molecule has 2 aliphatic rings. The van der Waals surface area contributed by atoms with Crippen molar-refractivity contribution in [3.05, 3.63) is 0 Å². The molecule has 24 heavy (non-hydrogen) atoms. The van der Waals surface area contributed by atoms with Gasteiger partial charge in [0.15, 0.2) is 6.19 Å². The lowest BCUT2D eigenvalue weighted by Crippen LogP contribution is -2.55. The average molecular weight is 341 g/mol. The highest BCUT2D eigenvalue weighted by atomic mass is 16.3. The van der Waals surface area contributed by atoms with E-state index in [9.17, 15) is 5.11 Å². The van der Waals surface area contributed by atoms with Crippen molar-refractivity contribution >= 4 is 0 Å². The topological polar surface area (TPSA) is 62.5 Å². The molecule has 2 unspecified atom stereocenters. The van der Waals surface area contributed by atoms with Gasteiger partial charge in [0, 0.05) is 19.1 Å². The first-order chi connectivity index (χ1) is 11.4. The van der Waals surface area contributed by atoms with Gasteiger partial charge >= 0.3 is 0 Å². The van der Waals surface area contributed by atoms with Crippen molar-refractivity contribution in [2.24, 2.45) is 0 Å². The summed E-state index contributed by atoms with van der Waals surface area (Å²) in [4.78, 5) is 4.70. The number of likely N-dealkylation sites (tertiary alicyclic amines) is 2. The van der Waals surface area contributed by atoms with Crippen LogP contribution in [0, 0.1) is 11.5 Å². The minimum Gasteiger partial charge on any atom is -0.393 e. The predicted molar refractivity (Wildman–Crippen MR) is 102 cm³/mol. The number of hydrogen-bond acceptors (Lipinski definition) is 5. The van der Waals surface area contributed by atoms with Crippen LogP contribution in [0.5, 0.6) is 0 Å². The highest BCUT2D eigenvalue weighted by molar-refractivity contribution is 4.95. The van der Waals surface area contributed by atoms with Gasteiger partial charge in [0.25, 0.3) is 0 Å². The van der Waals surface area contributed by atoms with Crippen LogP contribution >= 0.6 is 0 Å². The highest BCUT2D eigenvalue weighted by Crippen LogP contribution is 2.21. The molecule has 5 heteroatoms. The molecule has 0 amide bonds. The van der Waals surface area contributed by atoms with Gasteiger partial charge in [0.2, 0.25) is 0 Å². The molecule has 0 spiro atoms. The molecule has 0 aliphatic carbocycles. The van der Waals surface area contributed by atoms with Crippen LogP contribution in [-0.4, -0.2) is 65.8 Å². The standard InChI is InChI=1S/C10H19N3.C7H15NO.C2H6/c1-9(2)13-6-4-5-10(3,7-13)12-8-11;1-8-5-2-3-7(9)4-6-8;1-2/h9,12H,4-7H2,1-3H3;7,9H,2-6H2,1H3;1-2H3. The Morgan fingerprint density at radius 2 is 1.83 bits per heavy atom. The monoisotopic (exact) mass is 340 g/mol. The first kappa shape index (κ1) is 23.2. The fraction of sp³-hybridized carbons (Fsp3) is 0.947. The first-order valence-electron chi connectivity index (χ1n) is 9.63. The molecular weight excluding hydrogens is 300 g/mol. The van der Waals surface area contributed by atoms with E-state index in [4.69, 9.17) is 5.26 Å². The second-order valence-electron chi connectivity index (χ2n) is 7.35. The number of piperidine rings is 1. The molecule has 2 fully saturated rings. The van der Waals surface area contributed by atoms with Gasteiger partial charge in [-0.15, -0.1) is 0 Å². The number of rotatable bonds is 2. The number of nitrogens with one attached hydrogen (secondary N) is 1. The molecule has 0 bridgehead atoms. The summed E-state index contributed by atoms with van der Waals surface area (Å²) < 4.78 is 0. The predicted octanol–water partition coefficient (Wildman–Crippen LogP) is 2.81. The van der Waals surface area contributed by atoms with Crippen LogP contribution < -0.4 is 5.32 Å². The molecule has 0 aromatic rings. The molecule has 0 radical (unpaired) electrons. The Labute approximate surface area is 150 Å². The fourth-order valence-corrected chi connectivity index (χ4v) is 3.18. The summed E-state index contributed by atoms with van der Waals surface area (Å²) in [6.07, 6.45) is 7.41. The van der Waals surface area contributed by atoms with Crippen molar-refractivity contribution in [1.82, 2.24) is 15.1 Å². The van der Waals surface area contributed by atoms with E-state index in [1.165, 1.54) is 13.0 Å². The molecule has 2 heterocycles. The lowest BCUT2D eigenvalue weighted by molar-refractivity contribution is 0.116. The zero-order chi connectivity index (χ0) is 18.6. The van der Waals surface area contributed by atoms with Crippen molar-refractivity contribution in [2.45, 2.75) is 84.4 Å². The van der Waals surface area contributed by atoms with Crippen molar-refractivity contribution in [3.63, 3.8) is 0 Å². The number of nitrogens with zero attached hydrogens (tertiary/aromatic N) is 3. The second-order valence-corrected chi connectivity index (χ2v) is 7.35. The summed E-state index contributed by atoms with van der Waals surface area (Å²) in [6.45, 7) is 14.9. The van der Waals surface area contributed by atoms with Gasteiger partial charge in [-0.3, -0.25) is 4.90 Å². The van der Waals surface area contributed by atoms with Gasteiger partial charge in [0.05, 0.1) is 11.6 Å². The molecular formula is C19H40N4O. The number of aliphatic hydroxyl groups is 1. The maximum absolute atomic E-state index is 9.18. The Kier molecular flexibility index (Phi) is 12.1. The van der Waals surface area contributed by atoms with E-state index < -0.39 is 0 Å². The molecule has 2 atom stereocenters. The summed E-state index contributed by atoms with van der Waals surface area (Å²) in [6, 6.07) is 0.583. The fourth-order valence-electron chi connectivity index (χ4n) is 3.18. The van der Waals surface area contributed by atoms with Crippen LogP contribution in [0.3, 0.4) is 0 Å². The third-order valence-corrected chi connectivity index (χ3v) is 4.74. The van der Waals surface area contributed by atoms with Crippen molar-refractivity contribution in [1.29, 1.82) is 5.26 Å². The van der Waals surface area contributed by atoms with E-state index in [0.29, 0.717) is 6.04 Å². The average Bonchev–Trinajstić information content (AvgIpc) is 2.74. The van der Waals surface area contributed by atoms with Gasteiger partial charge in [-0.2, -0.15) is 5.26 Å². The van der Waals surface area contributed by atoms with Crippen molar-refractivity contribution in [3.8, 4) is 6.19 Å². The zero-order valence-corrected chi connectivity index (χ0v) is 16.8. The molecule has 5 nitrogen and oxygen atoms in total. The van der Waals surface area contributed by atoms with E-state index in [0.717, 1.165) is 45.3 Å². The Morgan fingerprint density at radius 3 is 2.42 bits per heavy atom. The number of hydrogen-bond donors (Lipinski definition) is 2. The third kappa shape index (κ3) is 9.46. The summed E-state index contributed by atoms with van der Waals surface area (Å²) in [5.74, 6) is 0. The Morgan fingerprint density at radius 1 is 1.17 bits per heavy atom. The maximum Gasteiger partial charge on any atom is 0.177 e. The Balaban J connectivity index is 0.000000420. The van der Waals surface area contributed by atoms with Crippen LogP contribution in [0.25, 0.3) is 0 Å². The molecule has 2 N–H and O–H groups in total. The van der Waals surface area contributed by atoms with Crippen LogP contribution in [0.4, 0.5) is 0 Å². The lowest BCUT2D eigenvalue weighted by Gasteiger charge is -2.41. The van der Waals surface area contributed by atoms with Gasteiger partial charge < -0.3 is 15.3 Å². The van der Waals surface area contributed by atoms with Crippen LogP contribution in [-0.2, 0) is 0 Å². The number of nitriles is 1. The van der Waals surface area contributed by atoms with E-state index in [2.05, 4.69) is 49.1 Å². The molecule has 2 aliphatic heterocycles. The largest absolute Gasteiger partial charge is 0.393 e. The molecule has 0 aromatic heterocycles. The van der Waals surface area contributed by atoms with Crippen LogP contribution in [0.2, 0.25) is 0 Å². The molecule has 2 saturated heterocycles. The molecule has 2 rings (SSSR count). The SMILES string of the molecule is CC.CC(C)N1CCCC(C)(NC#N)C1.CN1CCCC(O)CC1. The quantitative estimate of drug-likeness (QED) is 0.598. The highest BCUT2D eigenvalue weighted by Gasteiger charge is 2.31. The maximum atomic E-state index is 9.18. The van der Waals surface area contributed by atoms with Gasteiger partial charge in [-0.1, -0.05) is 13.8 Å². The first-order valence-corrected chi connectivity index (χ1v) is 9.63. The number of aliphatic hydroxyl groups excluding tert-OH is 1. The Bertz CT molecular complexity index is 346. The van der Waals surface area contributed by atoms with Crippen LogP contribution in [0.15, 0.2) is 0 Å². The molecule has 142 valence electrons. The summed E-state index contributed by atoms with van der Waals surface area (Å²) in [7, 11) is 2.11. The third-order valence-electron chi connectivity index (χ3n) is 4.74. The van der Waals surface area contributed by atoms with Crippen molar-refractivity contribution in [2.75, 3.05) is 33.2 Å². The molecule has 0 aromatic carbocycles. The lowest BCUT2D eigenvalue weighted by atomic mass is 9.90. The van der Waals surface area contributed by atoms with Gasteiger partial charge in [-0.25, -0.2) is 0 Å². The minimum atomic E-state index is -0.0325. The van der Waals surface area contributed by atoms with Crippen molar-refractivity contribution < 1.29 is 5.11 Å². The molecule has 0 saturated carbocycles. The Hall–Kier alpha value is -0.830. The van der Waals surface area contributed by atoms with E-state index >= 15 is 0 Å². The summed E-state index contributed by atoms with van der Waals surface area (Å²) in [5.41, 5.74) is -0.00271. The normalized spacial score (nSPS) is 28.5. The van der Waals surface area contributed by atoms with E-state index in [-0.39, 0.29) is 11.6 Å². The van der Waals surface area contributed by atoms with E-state index in [1.807, 2.05) is 13.8 Å². The summed E-state index contributed by atoms with van der Waals surface area (Å²) >= 11 is 0. The smallest absolute Gasteiger partial charge is 0.177 e. The van der Waals surface area contributed by atoms with Gasteiger partial charge in [0.1, 0.15) is 0 Å². The van der Waals surface area contributed by atoms with Crippen LogP contribution in [0.1, 0.15) is 66.7 Å². The summed E-state index contributed by atoms with van der Waals surface area (Å²) in [5, 5.41) is 20.7. The van der Waals surface area contributed by atoms with E-state index in [1.54, 1.807) is 0 Å².